The highest BCUT2D eigenvalue weighted by Gasteiger charge is 1.98. The molecule has 0 saturated carbocycles. The maximum atomic E-state index is 10.8. The van der Waals surface area contributed by atoms with Crippen LogP contribution >= 0.6 is 15.9 Å². The predicted octanol–water partition coefficient (Wildman–Crippen LogP) is 3.23. The number of hydrogen-bond donors (Lipinski definition) is 2. The van der Waals surface area contributed by atoms with Crippen LogP contribution in [0.5, 0.6) is 0 Å². The lowest BCUT2D eigenvalue weighted by atomic mass is 10.1. The van der Waals surface area contributed by atoms with Gasteiger partial charge in [0.05, 0.1) is 18.2 Å². The van der Waals surface area contributed by atoms with E-state index >= 15 is 0 Å². The summed E-state index contributed by atoms with van der Waals surface area (Å²) in [4.78, 5) is 10.8. The van der Waals surface area contributed by atoms with Crippen molar-refractivity contribution in [2.75, 3.05) is 18.6 Å². The number of nitrogens with two attached hydrogens (primary N) is 2. The van der Waals surface area contributed by atoms with Gasteiger partial charge in [0.2, 0.25) is 0 Å². The number of nitriles is 2. The lowest BCUT2D eigenvalue weighted by Gasteiger charge is -1.98. The molecule has 4 N–H and O–H groups in total. The summed E-state index contributed by atoms with van der Waals surface area (Å²) in [5, 5.41) is 17.2. The standard InChI is InChI=1S/C11H10N2O2.C7H5BrN2/c1-15-11(14)5-3-8-2-4-10(13)9(6-8)7-12;8-6-1-2-7(10)5(3-6)4-9/h2-6H,13H2,1H3;1-3H,10H2. The number of nitrogen functional groups attached to an aromatic ring is 2. The molecule has 126 valence electrons. The Balaban J connectivity index is 0.000000271. The molecule has 0 radical (unpaired) electrons. The summed E-state index contributed by atoms with van der Waals surface area (Å²) < 4.78 is 5.31. The van der Waals surface area contributed by atoms with E-state index in [0.29, 0.717) is 22.5 Å². The number of anilines is 2. The van der Waals surface area contributed by atoms with Gasteiger partial charge in [-0.05, 0) is 42.0 Å². The number of rotatable bonds is 2. The van der Waals surface area contributed by atoms with E-state index in [1.165, 1.54) is 13.2 Å². The molecule has 0 heterocycles. The van der Waals surface area contributed by atoms with Crippen molar-refractivity contribution in [3.8, 4) is 12.1 Å². The van der Waals surface area contributed by atoms with E-state index in [2.05, 4.69) is 20.7 Å². The molecule has 0 bridgehead atoms. The molecular formula is C18H15BrN4O2. The molecule has 0 saturated heterocycles. The molecule has 0 spiro atoms. The number of hydrogen-bond acceptors (Lipinski definition) is 6. The highest BCUT2D eigenvalue weighted by atomic mass is 79.9. The van der Waals surface area contributed by atoms with Crippen LogP contribution in [0.15, 0.2) is 46.9 Å². The third kappa shape index (κ3) is 6.38. The van der Waals surface area contributed by atoms with Crippen LogP contribution in [0.1, 0.15) is 16.7 Å². The number of methoxy groups -OCH3 is 1. The lowest BCUT2D eigenvalue weighted by molar-refractivity contribution is -0.134. The van der Waals surface area contributed by atoms with Crippen LogP contribution in [0.3, 0.4) is 0 Å². The number of carbonyl (C=O) groups excluding carboxylic acids is 1. The molecular weight excluding hydrogens is 384 g/mol. The van der Waals surface area contributed by atoms with Crippen molar-refractivity contribution in [3.63, 3.8) is 0 Å². The van der Waals surface area contributed by atoms with E-state index < -0.39 is 5.97 Å². The van der Waals surface area contributed by atoms with Gasteiger partial charge < -0.3 is 16.2 Å². The van der Waals surface area contributed by atoms with Crippen LogP contribution in [0.25, 0.3) is 6.08 Å². The third-order valence-electron chi connectivity index (χ3n) is 2.95. The van der Waals surface area contributed by atoms with Gasteiger partial charge in [0.15, 0.2) is 0 Å². The Morgan fingerprint density at radius 3 is 2.16 bits per heavy atom. The van der Waals surface area contributed by atoms with E-state index in [-0.39, 0.29) is 0 Å². The Morgan fingerprint density at radius 1 is 1.08 bits per heavy atom. The van der Waals surface area contributed by atoms with Crippen LogP contribution < -0.4 is 11.5 Å². The molecule has 0 unspecified atom stereocenters. The summed E-state index contributed by atoms with van der Waals surface area (Å²) in [5.74, 6) is -0.440. The average molecular weight is 399 g/mol. The summed E-state index contributed by atoms with van der Waals surface area (Å²) in [6, 6.07) is 14.1. The third-order valence-corrected chi connectivity index (χ3v) is 3.44. The SMILES string of the molecule is COC(=O)C=Cc1ccc(N)c(C#N)c1.N#Cc1cc(Br)ccc1N. The zero-order chi connectivity index (χ0) is 18.8. The molecule has 2 rings (SSSR count). The highest BCUT2D eigenvalue weighted by Crippen LogP contribution is 2.17. The Morgan fingerprint density at radius 2 is 1.64 bits per heavy atom. The molecule has 6 nitrogen and oxygen atoms in total. The first-order valence-corrected chi connectivity index (χ1v) is 7.71. The van der Waals surface area contributed by atoms with E-state index in [4.69, 9.17) is 22.0 Å². The van der Waals surface area contributed by atoms with Gasteiger partial charge in [0.25, 0.3) is 0 Å². The summed E-state index contributed by atoms with van der Waals surface area (Å²) in [7, 11) is 1.30. The molecule has 0 atom stereocenters. The maximum absolute atomic E-state index is 10.8. The fourth-order valence-electron chi connectivity index (χ4n) is 1.63. The highest BCUT2D eigenvalue weighted by molar-refractivity contribution is 9.10. The number of nitrogens with zero attached hydrogens (tertiary/aromatic N) is 2. The first-order chi connectivity index (χ1) is 11.9. The summed E-state index contributed by atoms with van der Waals surface area (Å²) in [5.41, 5.74) is 13.6. The number of halogens is 1. The summed E-state index contributed by atoms with van der Waals surface area (Å²) in [6.07, 6.45) is 2.85. The van der Waals surface area contributed by atoms with Crippen molar-refractivity contribution in [2.45, 2.75) is 0 Å². The normalized spacial score (nSPS) is 9.44. The van der Waals surface area contributed by atoms with Crippen LogP contribution in [0.4, 0.5) is 11.4 Å². The van der Waals surface area contributed by atoms with Crippen molar-refractivity contribution < 1.29 is 9.53 Å². The Bertz CT molecular complexity index is 880. The predicted molar refractivity (Wildman–Crippen MR) is 99.9 cm³/mol. The molecule has 0 aliphatic heterocycles. The van der Waals surface area contributed by atoms with Crippen LogP contribution in [0, 0.1) is 22.7 Å². The fraction of sp³-hybridized carbons (Fsp3) is 0.0556. The van der Waals surface area contributed by atoms with Gasteiger partial charge in [-0.3, -0.25) is 0 Å². The molecule has 0 aromatic heterocycles. The zero-order valence-electron chi connectivity index (χ0n) is 13.4. The maximum Gasteiger partial charge on any atom is 0.330 e. The van der Waals surface area contributed by atoms with Crippen molar-refractivity contribution in [1.82, 2.24) is 0 Å². The smallest absolute Gasteiger partial charge is 0.330 e. The molecule has 25 heavy (non-hydrogen) atoms. The Kier molecular flexibility index (Phi) is 7.71. The van der Waals surface area contributed by atoms with Gasteiger partial charge in [-0.15, -0.1) is 0 Å². The van der Waals surface area contributed by atoms with Crippen molar-refractivity contribution in [3.05, 3.63) is 63.6 Å². The minimum atomic E-state index is -0.440. The summed E-state index contributed by atoms with van der Waals surface area (Å²) >= 11 is 3.23. The fourth-order valence-corrected chi connectivity index (χ4v) is 1.99. The molecule has 2 aromatic rings. The Labute approximate surface area is 154 Å². The van der Waals surface area contributed by atoms with E-state index in [0.717, 1.165) is 10.0 Å². The molecule has 7 heteroatoms. The molecule has 0 aliphatic rings. The van der Waals surface area contributed by atoms with E-state index in [9.17, 15) is 4.79 Å². The summed E-state index contributed by atoms with van der Waals surface area (Å²) in [6.45, 7) is 0. The molecule has 2 aromatic carbocycles. The Hall–Kier alpha value is -3.29. The number of benzene rings is 2. The van der Waals surface area contributed by atoms with Gasteiger partial charge >= 0.3 is 5.97 Å². The number of ether oxygens (including phenoxy) is 1. The van der Waals surface area contributed by atoms with Crippen molar-refractivity contribution >= 4 is 39.4 Å². The van der Waals surface area contributed by atoms with Gasteiger partial charge in [0, 0.05) is 21.9 Å². The topological polar surface area (TPSA) is 126 Å². The second-order valence-electron chi connectivity index (χ2n) is 4.66. The van der Waals surface area contributed by atoms with Crippen LogP contribution in [-0.2, 0) is 9.53 Å². The van der Waals surface area contributed by atoms with Gasteiger partial charge in [0.1, 0.15) is 12.1 Å². The van der Waals surface area contributed by atoms with Crippen molar-refractivity contribution in [1.29, 1.82) is 10.5 Å². The average Bonchev–Trinajstić information content (AvgIpc) is 2.63. The monoisotopic (exact) mass is 398 g/mol. The van der Waals surface area contributed by atoms with Gasteiger partial charge in [-0.25, -0.2) is 4.79 Å². The minimum Gasteiger partial charge on any atom is -0.466 e. The molecule has 0 amide bonds. The molecule has 0 aliphatic carbocycles. The second kappa shape index (κ2) is 9.76. The van der Waals surface area contributed by atoms with Gasteiger partial charge in [-0.2, -0.15) is 10.5 Å². The van der Waals surface area contributed by atoms with E-state index in [1.807, 2.05) is 12.1 Å². The quantitative estimate of drug-likeness (QED) is 0.454. The minimum absolute atomic E-state index is 0.391. The molecule has 0 fully saturated rings. The number of esters is 1. The van der Waals surface area contributed by atoms with Crippen LogP contribution in [0.2, 0.25) is 0 Å². The van der Waals surface area contributed by atoms with Gasteiger partial charge in [-0.1, -0.05) is 22.0 Å². The first-order valence-electron chi connectivity index (χ1n) is 6.92. The first kappa shape index (κ1) is 19.8. The van der Waals surface area contributed by atoms with E-state index in [1.54, 1.807) is 42.5 Å². The number of carbonyl (C=O) groups is 1. The largest absolute Gasteiger partial charge is 0.466 e. The zero-order valence-corrected chi connectivity index (χ0v) is 14.9. The second-order valence-corrected chi connectivity index (χ2v) is 5.57. The lowest BCUT2D eigenvalue weighted by Crippen LogP contribution is -1.94. The van der Waals surface area contributed by atoms with Crippen molar-refractivity contribution in [2.24, 2.45) is 0 Å². The van der Waals surface area contributed by atoms with Crippen LogP contribution in [-0.4, -0.2) is 13.1 Å².